The molecule has 1 atom stereocenters. The van der Waals surface area contributed by atoms with Gasteiger partial charge < -0.3 is 15.8 Å². The van der Waals surface area contributed by atoms with Crippen LogP contribution < -0.4 is 15.8 Å². The van der Waals surface area contributed by atoms with Gasteiger partial charge in [0.1, 0.15) is 12.4 Å². The lowest BCUT2D eigenvalue weighted by molar-refractivity contribution is -0.132. The molecule has 1 saturated heterocycles. The number of amides is 1. The Morgan fingerprint density at radius 3 is 2.75 bits per heavy atom. The summed E-state index contributed by atoms with van der Waals surface area (Å²) in [5.74, 6) is 1.21. The third-order valence-electron chi connectivity index (χ3n) is 5.11. The van der Waals surface area contributed by atoms with Crippen molar-refractivity contribution in [3.8, 4) is 5.75 Å². The lowest BCUT2D eigenvalue weighted by Gasteiger charge is -2.32. The van der Waals surface area contributed by atoms with Crippen LogP contribution in [0.25, 0.3) is 0 Å². The number of benzene rings is 1. The largest absolute Gasteiger partial charge is 0.491 e. The van der Waals surface area contributed by atoms with E-state index in [1.165, 1.54) is 24.2 Å². The summed E-state index contributed by atoms with van der Waals surface area (Å²) >= 11 is 0. The summed E-state index contributed by atoms with van der Waals surface area (Å²) < 4.78 is 5.90. The minimum absolute atomic E-state index is 0.0815. The Hall–Kier alpha value is -2.24. The maximum Gasteiger partial charge on any atom is 0.258 e. The van der Waals surface area contributed by atoms with Gasteiger partial charge >= 0.3 is 0 Å². The quantitative estimate of drug-likeness (QED) is 0.723. The van der Waals surface area contributed by atoms with Crippen molar-refractivity contribution in [1.82, 2.24) is 10.2 Å². The van der Waals surface area contributed by atoms with Crippen molar-refractivity contribution in [3.05, 3.63) is 24.3 Å². The van der Waals surface area contributed by atoms with Gasteiger partial charge in [0, 0.05) is 18.8 Å². The van der Waals surface area contributed by atoms with Crippen molar-refractivity contribution in [2.45, 2.75) is 44.1 Å². The van der Waals surface area contributed by atoms with Gasteiger partial charge in [-0.05, 0) is 24.5 Å². The number of hydrogen-bond donors (Lipinski definition) is 3. The number of nitrogen functional groups attached to an aromatic ring is 1. The molecule has 2 fully saturated rings. The second-order valence-electron chi connectivity index (χ2n) is 6.99. The van der Waals surface area contributed by atoms with Crippen molar-refractivity contribution >= 4 is 17.6 Å². The van der Waals surface area contributed by atoms with E-state index >= 15 is 0 Å². The molecule has 1 aliphatic heterocycles. The number of carbonyl (C=O) groups excluding carboxylic acids is 1. The van der Waals surface area contributed by atoms with E-state index in [1.54, 1.807) is 19.2 Å². The second-order valence-corrected chi connectivity index (χ2v) is 6.99. The molecule has 6 nitrogen and oxygen atoms in total. The number of nitrogens with zero attached hydrogens (tertiary/aromatic N) is 1. The number of anilines is 1. The molecule has 0 bridgehead atoms. The van der Waals surface area contributed by atoms with Crippen LogP contribution in [0.3, 0.4) is 0 Å². The highest BCUT2D eigenvalue weighted by Gasteiger charge is 2.50. The van der Waals surface area contributed by atoms with Gasteiger partial charge in [0.15, 0.2) is 11.5 Å². The van der Waals surface area contributed by atoms with Crippen LogP contribution in [0.15, 0.2) is 24.3 Å². The highest BCUT2D eigenvalue weighted by molar-refractivity contribution is 6.07. The Kier molecular flexibility index (Phi) is 4.64. The molecule has 1 saturated carbocycles. The summed E-state index contributed by atoms with van der Waals surface area (Å²) in [5, 5.41) is 11.1. The molecule has 24 heavy (non-hydrogen) atoms. The number of nitrogens with two attached hydrogens (primary N) is 1. The fraction of sp³-hybridized carbons (Fsp3) is 0.556. The molecule has 0 spiro atoms. The second kappa shape index (κ2) is 6.71. The van der Waals surface area contributed by atoms with Crippen LogP contribution in [0, 0.1) is 11.3 Å². The van der Waals surface area contributed by atoms with E-state index in [1.807, 2.05) is 12.1 Å². The summed E-state index contributed by atoms with van der Waals surface area (Å²) in [7, 11) is 1.64. The van der Waals surface area contributed by atoms with E-state index in [-0.39, 0.29) is 18.5 Å². The van der Waals surface area contributed by atoms with Gasteiger partial charge in [0.2, 0.25) is 0 Å². The fourth-order valence-corrected chi connectivity index (χ4v) is 3.78. The van der Waals surface area contributed by atoms with Crippen LogP contribution in [0.4, 0.5) is 5.69 Å². The van der Waals surface area contributed by atoms with Crippen LogP contribution in [0.2, 0.25) is 0 Å². The van der Waals surface area contributed by atoms with Crippen molar-refractivity contribution in [2.75, 3.05) is 19.4 Å². The molecule has 130 valence electrons. The van der Waals surface area contributed by atoms with Crippen LogP contribution in [-0.4, -0.2) is 36.0 Å². The molecule has 3 rings (SSSR count). The number of likely N-dealkylation sites (N-methyl/N-ethyl adjacent to an activating group) is 1. The molecule has 1 aliphatic carbocycles. The zero-order chi connectivity index (χ0) is 17.2. The Morgan fingerprint density at radius 1 is 1.38 bits per heavy atom. The average Bonchev–Trinajstić information content (AvgIpc) is 2.78. The predicted octanol–water partition coefficient (Wildman–Crippen LogP) is 2.35. The first-order valence-electron chi connectivity index (χ1n) is 8.63. The molecule has 1 aromatic rings. The Morgan fingerprint density at radius 2 is 2.12 bits per heavy atom. The molecule has 0 aromatic heterocycles. The maximum atomic E-state index is 12.8. The van der Waals surface area contributed by atoms with E-state index in [9.17, 15) is 4.79 Å². The predicted molar refractivity (Wildman–Crippen MR) is 93.9 cm³/mol. The van der Waals surface area contributed by atoms with Crippen molar-refractivity contribution in [1.29, 1.82) is 5.41 Å². The van der Waals surface area contributed by atoms with Gasteiger partial charge in [0.05, 0.1) is 0 Å². The van der Waals surface area contributed by atoms with E-state index in [0.29, 0.717) is 23.8 Å². The van der Waals surface area contributed by atoms with Crippen molar-refractivity contribution in [2.24, 2.45) is 5.92 Å². The SMILES string of the molecule is CN1C(=N)NC(COc2cccc(N)c2)(CC2CCCCC2)C1=O. The van der Waals surface area contributed by atoms with E-state index in [0.717, 1.165) is 12.8 Å². The molecule has 1 unspecified atom stereocenters. The normalized spacial score (nSPS) is 25.0. The first-order valence-corrected chi connectivity index (χ1v) is 8.63. The van der Waals surface area contributed by atoms with Crippen LogP contribution >= 0.6 is 0 Å². The van der Waals surface area contributed by atoms with Gasteiger partial charge in [-0.15, -0.1) is 0 Å². The zero-order valence-corrected chi connectivity index (χ0v) is 14.2. The van der Waals surface area contributed by atoms with Crippen molar-refractivity contribution < 1.29 is 9.53 Å². The summed E-state index contributed by atoms with van der Waals surface area (Å²) in [5.41, 5.74) is 5.57. The molecule has 4 N–H and O–H groups in total. The fourth-order valence-electron chi connectivity index (χ4n) is 3.78. The Bertz CT molecular complexity index is 627. The summed E-state index contributed by atoms with van der Waals surface area (Å²) in [6.07, 6.45) is 6.72. The van der Waals surface area contributed by atoms with E-state index in [2.05, 4.69) is 5.32 Å². The number of hydrogen-bond acceptors (Lipinski definition) is 4. The molecular formula is C18H26N4O2. The van der Waals surface area contributed by atoms with Gasteiger partial charge in [-0.1, -0.05) is 38.2 Å². The molecule has 2 aliphatic rings. The summed E-state index contributed by atoms with van der Waals surface area (Å²) in [4.78, 5) is 14.2. The lowest BCUT2D eigenvalue weighted by atomic mass is 9.79. The molecular weight excluding hydrogens is 304 g/mol. The summed E-state index contributed by atoms with van der Waals surface area (Å²) in [6.45, 7) is 0.207. The third-order valence-corrected chi connectivity index (χ3v) is 5.11. The first kappa shape index (κ1) is 16.6. The van der Waals surface area contributed by atoms with Gasteiger partial charge in [-0.3, -0.25) is 15.1 Å². The standard InChI is InChI=1S/C18H26N4O2/c1-22-16(23)18(21-17(22)20,11-13-6-3-2-4-7-13)12-24-15-9-5-8-14(19)10-15/h5,8-10,13H,2-4,6-7,11-12,19H2,1H3,(H2,20,21). The molecule has 1 amide bonds. The minimum atomic E-state index is -0.849. The average molecular weight is 330 g/mol. The number of carbonyl (C=O) groups is 1. The number of rotatable bonds is 5. The maximum absolute atomic E-state index is 12.8. The van der Waals surface area contributed by atoms with Gasteiger partial charge in [0.25, 0.3) is 5.91 Å². The smallest absolute Gasteiger partial charge is 0.258 e. The number of guanidine groups is 1. The molecule has 1 heterocycles. The van der Waals surface area contributed by atoms with Crippen molar-refractivity contribution in [3.63, 3.8) is 0 Å². The topological polar surface area (TPSA) is 91.4 Å². The van der Waals surface area contributed by atoms with E-state index < -0.39 is 5.54 Å². The van der Waals surface area contributed by atoms with Crippen LogP contribution in [0.1, 0.15) is 38.5 Å². The van der Waals surface area contributed by atoms with Gasteiger partial charge in [-0.25, -0.2) is 0 Å². The third kappa shape index (κ3) is 3.32. The van der Waals surface area contributed by atoms with E-state index in [4.69, 9.17) is 15.9 Å². The van der Waals surface area contributed by atoms with Crippen LogP contribution in [-0.2, 0) is 4.79 Å². The lowest BCUT2D eigenvalue weighted by Crippen LogP contribution is -2.53. The Balaban J connectivity index is 1.77. The van der Waals surface area contributed by atoms with Gasteiger partial charge in [-0.2, -0.15) is 0 Å². The summed E-state index contributed by atoms with van der Waals surface area (Å²) in [6, 6.07) is 7.21. The minimum Gasteiger partial charge on any atom is -0.491 e. The monoisotopic (exact) mass is 330 g/mol. The first-order chi connectivity index (χ1) is 11.5. The highest BCUT2D eigenvalue weighted by Crippen LogP contribution is 2.34. The number of nitrogens with one attached hydrogen (secondary N) is 2. The van der Waals surface area contributed by atoms with Crippen LogP contribution in [0.5, 0.6) is 5.75 Å². The Labute approximate surface area is 142 Å². The zero-order valence-electron chi connectivity index (χ0n) is 14.2. The molecule has 0 radical (unpaired) electrons. The molecule has 6 heteroatoms. The molecule has 1 aromatic carbocycles. The highest BCUT2D eigenvalue weighted by atomic mass is 16.5. The number of ether oxygens (including phenoxy) is 1.